The molecule has 1 saturated heterocycles. The summed E-state index contributed by atoms with van der Waals surface area (Å²) in [4.78, 5) is 19.4. The van der Waals surface area contributed by atoms with E-state index in [2.05, 4.69) is 12.2 Å². The first-order valence-electron chi connectivity index (χ1n) is 9.42. The number of carbonyl (C=O) groups excluding carboxylic acids is 1. The molecule has 1 aliphatic heterocycles. The van der Waals surface area contributed by atoms with E-state index in [4.69, 9.17) is 16.5 Å². The number of hydrogen-bond donors (Lipinski definition) is 3. The van der Waals surface area contributed by atoms with E-state index in [9.17, 15) is 4.79 Å². The summed E-state index contributed by atoms with van der Waals surface area (Å²) in [6.45, 7) is 5.97. The molecule has 0 spiro atoms. The number of nitrogens with one attached hydrogen (secondary N) is 1. The maximum atomic E-state index is 12.8. The van der Waals surface area contributed by atoms with Crippen LogP contribution in [0, 0.1) is 0 Å². The van der Waals surface area contributed by atoms with Crippen molar-refractivity contribution in [3.63, 3.8) is 0 Å². The number of carbonyl (C=O) groups is 1. The minimum atomic E-state index is -0.00614. The Bertz CT molecular complexity index is 480. The minimum absolute atomic E-state index is 0.00614. The summed E-state index contributed by atoms with van der Waals surface area (Å²) in [5, 5.41) is 3.46. The zero-order valence-corrected chi connectivity index (χ0v) is 15.0. The number of hydrogen-bond acceptors (Lipinski definition) is 5. The summed E-state index contributed by atoms with van der Waals surface area (Å²) in [6.07, 6.45) is 7.04. The monoisotopic (exact) mass is 335 g/mol. The van der Waals surface area contributed by atoms with Gasteiger partial charge in [-0.05, 0) is 44.9 Å². The number of nitrogens with zero attached hydrogens (tertiary/aromatic N) is 2. The van der Waals surface area contributed by atoms with Gasteiger partial charge in [-0.1, -0.05) is 6.92 Å². The van der Waals surface area contributed by atoms with Crippen molar-refractivity contribution >= 4 is 11.6 Å². The molecule has 1 saturated carbocycles. The fourth-order valence-corrected chi connectivity index (χ4v) is 3.47. The summed E-state index contributed by atoms with van der Waals surface area (Å²) in [7, 11) is 0. The van der Waals surface area contributed by atoms with Gasteiger partial charge in [-0.15, -0.1) is 0 Å². The van der Waals surface area contributed by atoms with E-state index in [1.165, 1.54) is 6.42 Å². The highest BCUT2D eigenvalue weighted by Crippen LogP contribution is 2.25. The zero-order valence-electron chi connectivity index (χ0n) is 15.0. The molecule has 1 unspecified atom stereocenters. The molecule has 5 N–H and O–H groups in total. The third-order valence-electron chi connectivity index (χ3n) is 4.83. The van der Waals surface area contributed by atoms with Crippen LogP contribution in [0.5, 0.6) is 0 Å². The Kier molecular flexibility index (Phi) is 7.72. The highest BCUT2D eigenvalue weighted by atomic mass is 16.2. The Morgan fingerprint density at radius 2 is 2.08 bits per heavy atom. The first-order chi connectivity index (χ1) is 11.7. The lowest BCUT2D eigenvalue weighted by atomic mass is 9.87. The van der Waals surface area contributed by atoms with Crippen LogP contribution < -0.4 is 16.8 Å². The Hall–Kier alpha value is -1.40. The average molecular weight is 335 g/mol. The Balaban J connectivity index is 2.17. The van der Waals surface area contributed by atoms with Gasteiger partial charge < -0.3 is 21.7 Å². The fraction of sp³-hybridized carbons (Fsp3) is 0.778. The van der Waals surface area contributed by atoms with Crippen molar-refractivity contribution in [2.45, 2.75) is 57.9 Å². The second-order valence-electron chi connectivity index (χ2n) is 6.76. The van der Waals surface area contributed by atoms with Gasteiger partial charge in [-0.25, -0.2) is 0 Å². The molecule has 1 atom stereocenters. The van der Waals surface area contributed by atoms with Gasteiger partial charge in [0.25, 0.3) is 5.91 Å². The fourth-order valence-electron chi connectivity index (χ4n) is 3.47. The summed E-state index contributed by atoms with van der Waals surface area (Å²) < 4.78 is 0. The van der Waals surface area contributed by atoms with Crippen LogP contribution in [-0.4, -0.2) is 55.3 Å². The van der Waals surface area contributed by atoms with E-state index < -0.39 is 0 Å². The lowest BCUT2D eigenvalue weighted by Gasteiger charge is -2.31. The van der Waals surface area contributed by atoms with Crippen LogP contribution in [-0.2, 0) is 4.79 Å². The topological polar surface area (TPSA) is 96.7 Å². The SMILES string of the molecule is CCCN=C1CCC(NCCN)C/C1=C(/N)C(=O)N1CCCCC1. The maximum Gasteiger partial charge on any atom is 0.270 e. The van der Waals surface area contributed by atoms with Gasteiger partial charge in [0.05, 0.1) is 0 Å². The molecule has 1 aliphatic carbocycles. The molecule has 24 heavy (non-hydrogen) atoms. The summed E-state index contributed by atoms with van der Waals surface area (Å²) in [5.74, 6) is -0.00614. The van der Waals surface area contributed by atoms with Crippen LogP contribution in [0.2, 0.25) is 0 Å². The van der Waals surface area contributed by atoms with Crippen LogP contribution in [0.25, 0.3) is 0 Å². The van der Waals surface area contributed by atoms with Crippen molar-refractivity contribution < 1.29 is 4.79 Å². The van der Waals surface area contributed by atoms with Crippen molar-refractivity contribution in [1.29, 1.82) is 0 Å². The van der Waals surface area contributed by atoms with Crippen molar-refractivity contribution in [1.82, 2.24) is 10.2 Å². The molecule has 6 heteroatoms. The maximum absolute atomic E-state index is 12.8. The van der Waals surface area contributed by atoms with Crippen LogP contribution in [0.4, 0.5) is 0 Å². The third kappa shape index (κ3) is 5.05. The Morgan fingerprint density at radius 3 is 2.75 bits per heavy atom. The summed E-state index contributed by atoms with van der Waals surface area (Å²) in [5.41, 5.74) is 14.3. The van der Waals surface area contributed by atoms with Gasteiger partial charge >= 0.3 is 0 Å². The van der Waals surface area contributed by atoms with Gasteiger partial charge in [-0.2, -0.15) is 0 Å². The van der Waals surface area contributed by atoms with Crippen molar-refractivity contribution in [3.8, 4) is 0 Å². The first-order valence-corrected chi connectivity index (χ1v) is 9.42. The molecule has 2 fully saturated rings. The molecule has 0 aromatic carbocycles. The quantitative estimate of drug-likeness (QED) is 0.635. The van der Waals surface area contributed by atoms with Crippen molar-refractivity contribution in [3.05, 3.63) is 11.3 Å². The standard InChI is InChI=1S/C18H33N5O/c1-2-9-22-16-7-6-14(21-10-8-19)13-15(16)17(20)18(24)23-11-4-3-5-12-23/h14,21H,2-13,19-20H2,1H3/b17-15-,22-16?. The second kappa shape index (κ2) is 9.79. The van der Waals surface area contributed by atoms with E-state index in [1.54, 1.807) is 0 Å². The lowest BCUT2D eigenvalue weighted by Crippen LogP contribution is -2.42. The van der Waals surface area contributed by atoms with Crippen LogP contribution in [0.15, 0.2) is 16.3 Å². The highest BCUT2D eigenvalue weighted by molar-refractivity contribution is 6.08. The average Bonchev–Trinajstić information content (AvgIpc) is 2.64. The Labute approximate surface area is 145 Å². The first kappa shape index (κ1) is 18.9. The molecule has 0 radical (unpaired) electrons. The number of piperidine rings is 1. The van der Waals surface area contributed by atoms with Gasteiger partial charge in [0.1, 0.15) is 5.70 Å². The molecule has 0 bridgehead atoms. The van der Waals surface area contributed by atoms with E-state index in [0.29, 0.717) is 18.3 Å². The van der Waals surface area contributed by atoms with Crippen LogP contribution in [0.1, 0.15) is 51.9 Å². The molecule has 6 nitrogen and oxygen atoms in total. The zero-order chi connectivity index (χ0) is 17.4. The van der Waals surface area contributed by atoms with E-state index in [0.717, 1.165) is 76.0 Å². The number of aliphatic imine (C=N–C) groups is 1. The molecular weight excluding hydrogens is 302 g/mol. The number of nitrogens with two attached hydrogens (primary N) is 2. The minimum Gasteiger partial charge on any atom is -0.394 e. The summed E-state index contributed by atoms with van der Waals surface area (Å²) in [6, 6.07) is 0.330. The molecule has 2 rings (SSSR count). The second-order valence-corrected chi connectivity index (χ2v) is 6.76. The van der Waals surface area contributed by atoms with Gasteiger partial charge in [0.15, 0.2) is 0 Å². The van der Waals surface area contributed by atoms with Crippen molar-refractivity contribution in [2.24, 2.45) is 16.5 Å². The molecule has 0 aromatic rings. The van der Waals surface area contributed by atoms with E-state index >= 15 is 0 Å². The molecule has 1 amide bonds. The number of rotatable bonds is 6. The Morgan fingerprint density at radius 1 is 1.33 bits per heavy atom. The largest absolute Gasteiger partial charge is 0.394 e. The predicted octanol–water partition coefficient (Wildman–Crippen LogP) is 1.16. The highest BCUT2D eigenvalue weighted by Gasteiger charge is 2.28. The molecule has 136 valence electrons. The van der Waals surface area contributed by atoms with Gasteiger partial charge in [0, 0.05) is 50.1 Å². The van der Waals surface area contributed by atoms with E-state index in [1.807, 2.05) is 4.90 Å². The predicted molar refractivity (Wildman–Crippen MR) is 98.9 cm³/mol. The van der Waals surface area contributed by atoms with Crippen LogP contribution in [0.3, 0.4) is 0 Å². The molecule has 1 heterocycles. The van der Waals surface area contributed by atoms with Gasteiger partial charge in [0.2, 0.25) is 0 Å². The van der Waals surface area contributed by atoms with E-state index in [-0.39, 0.29) is 5.91 Å². The third-order valence-corrected chi connectivity index (χ3v) is 4.83. The molecular formula is C18H33N5O. The normalized spacial score (nSPS) is 25.8. The molecule has 0 aromatic heterocycles. The lowest BCUT2D eigenvalue weighted by molar-refractivity contribution is -0.128. The summed E-state index contributed by atoms with van der Waals surface area (Å²) >= 11 is 0. The molecule has 2 aliphatic rings. The van der Waals surface area contributed by atoms with Gasteiger partial charge in [-0.3, -0.25) is 9.79 Å². The van der Waals surface area contributed by atoms with Crippen molar-refractivity contribution in [2.75, 3.05) is 32.7 Å². The number of likely N-dealkylation sites (tertiary alicyclic amines) is 1. The number of amides is 1. The van der Waals surface area contributed by atoms with Crippen LogP contribution >= 0.6 is 0 Å². The smallest absolute Gasteiger partial charge is 0.270 e.